The first-order valence-electron chi connectivity index (χ1n) is 1.72. The van der Waals surface area contributed by atoms with Gasteiger partial charge in [0.2, 0.25) is 0 Å². The van der Waals surface area contributed by atoms with Crippen molar-refractivity contribution in [2.75, 3.05) is 12.5 Å². The first-order valence-corrected chi connectivity index (χ1v) is 6.16. The minimum absolute atomic E-state index is 0.285. The lowest BCUT2D eigenvalue weighted by Crippen LogP contribution is -2.30. The molecule has 0 aliphatic heterocycles. The first-order chi connectivity index (χ1) is 3.12. The van der Waals surface area contributed by atoms with Gasteiger partial charge in [-0.1, -0.05) is 0 Å². The fourth-order valence-electron chi connectivity index (χ4n) is 0.0500. The Morgan fingerprint density at radius 2 is 1.43 bits per heavy atom. The van der Waals surface area contributed by atoms with E-state index in [9.17, 15) is 0 Å². The van der Waals surface area contributed by atoms with Crippen molar-refractivity contribution in [2.45, 2.75) is 0 Å². The molecule has 0 atom stereocenters. The van der Waals surface area contributed by atoms with Crippen LogP contribution in [0.15, 0.2) is 0 Å². The van der Waals surface area contributed by atoms with Crippen molar-refractivity contribution >= 4 is 28.9 Å². The van der Waals surface area contributed by atoms with Crippen molar-refractivity contribution in [1.82, 2.24) is 0 Å². The van der Waals surface area contributed by atoms with Gasteiger partial charge in [0.15, 0.2) is 0 Å². The molecule has 2 nitrogen and oxygen atoms in total. The molecule has 0 aromatic heterocycles. The van der Waals surface area contributed by atoms with Crippen LogP contribution in [0.2, 0.25) is 0 Å². The maximum atomic E-state index is 8.23. The molecule has 0 rings (SSSR count). The molecule has 0 aliphatic carbocycles. The zero-order valence-corrected chi connectivity index (χ0v) is 6.08. The van der Waals surface area contributed by atoms with E-state index in [4.69, 9.17) is 32.4 Å². The molecule has 0 unspecified atom stereocenters. The Balaban J connectivity index is 3.36. The van der Waals surface area contributed by atoms with Gasteiger partial charge in [-0.25, -0.2) is 0 Å². The normalized spacial score (nSPS) is 12.0. The van der Waals surface area contributed by atoms with Crippen LogP contribution in [0.4, 0.5) is 0 Å². The van der Waals surface area contributed by atoms with Crippen LogP contribution in [-0.4, -0.2) is 29.4 Å². The zero-order chi connectivity index (χ0) is 5.91. The largest absolute Gasteiger partial charge is 0.397 e. The van der Waals surface area contributed by atoms with Crippen LogP contribution in [0.1, 0.15) is 0 Å². The number of aliphatic hydroxyl groups excluding tert-OH is 2. The van der Waals surface area contributed by atoms with E-state index in [0.717, 1.165) is 0 Å². The van der Waals surface area contributed by atoms with Gasteiger partial charge in [-0.2, -0.15) is 0 Å². The van der Waals surface area contributed by atoms with Crippen LogP contribution in [0.25, 0.3) is 0 Å². The van der Waals surface area contributed by atoms with E-state index in [2.05, 4.69) is 0 Å². The molecule has 0 saturated heterocycles. The van der Waals surface area contributed by atoms with E-state index < -0.39 is 6.69 Å². The van der Waals surface area contributed by atoms with Crippen LogP contribution in [-0.2, 0) is 0 Å². The van der Waals surface area contributed by atoms with Crippen molar-refractivity contribution in [3.8, 4) is 0 Å². The van der Waals surface area contributed by atoms with Crippen LogP contribution in [0.3, 0.4) is 0 Å². The second-order valence-corrected chi connectivity index (χ2v) is 8.44. The summed E-state index contributed by atoms with van der Waals surface area (Å²) in [5.74, 6) is 0. The summed E-state index contributed by atoms with van der Waals surface area (Å²) in [6.45, 7) is -2.60. The highest BCUT2D eigenvalue weighted by molar-refractivity contribution is 7.45. The molecular weight excluding hydrogens is 155 g/mol. The highest BCUT2D eigenvalue weighted by atomic mass is 35.7. The SMILES string of the molecule is OC[Si](Cl)(Cl)CO. The molecule has 7 heavy (non-hydrogen) atoms. The third kappa shape index (κ3) is 3.31. The molecule has 5 heteroatoms. The number of halogens is 2. The third-order valence-electron chi connectivity index (χ3n) is 0.463. The first kappa shape index (κ1) is 7.72. The summed E-state index contributed by atoms with van der Waals surface area (Å²) >= 11 is 10.6. The zero-order valence-electron chi connectivity index (χ0n) is 3.56. The number of aliphatic hydroxyl groups is 2. The number of rotatable bonds is 2. The van der Waals surface area contributed by atoms with Gasteiger partial charge in [0.05, 0.1) is 12.5 Å². The minimum atomic E-state index is -2.60. The van der Waals surface area contributed by atoms with Gasteiger partial charge >= 0.3 is 0 Å². The smallest absolute Gasteiger partial charge is 0.299 e. The molecule has 0 amide bonds. The molecule has 0 radical (unpaired) electrons. The molecule has 0 heterocycles. The standard InChI is InChI=1S/C2H6Cl2O2Si/c3-7(4,1-5)2-6/h5-6H,1-2H2. The number of hydrogen-bond donors (Lipinski definition) is 2. The summed E-state index contributed by atoms with van der Waals surface area (Å²) in [5, 5.41) is 16.5. The summed E-state index contributed by atoms with van der Waals surface area (Å²) in [6, 6.07) is 0. The van der Waals surface area contributed by atoms with E-state index >= 15 is 0 Å². The lowest BCUT2D eigenvalue weighted by atomic mass is 11.7. The minimum Gasteiger partial charge on any atom is -0.397 e. The quantitative estimate of drug-likeness (QED) is 0.441. The van der Waals surface area contributed by atoms with Crippen molar-refractivity contribution in [1.29, 1.82) is 0 Å². The van der Waals surface area contributed by atoms with E-state index in [1.165, 1.54) is 0 Å². The summed E-state index contributed by atoms with van der Waals surface area (Å²) in [6.07, 6.45) is -0.570. The Kier molecular flexibility index (Phi) is 3.18. The molecule has 0 aromatic carbocycles. The Labute approximate surface area is 52.1 Å². The van der Waals surface area contributed by atoms with Crippen molar-refractivity contribution in [3.05, 3.63) is 0 Å². The molecular formula is C2H6Cl2O2Si. The molecule has 0 bridgehead atoms. The van der Waals surface area contributed by atoms with Crippen LogP contribution in [0, 0.1) is 0 Å². The third-order valence-corrected chi connectivity index (χ3v) is 2.82. The van der Waals surface area contributed by atoms with Crippen molar-refractivity contribution in [2.24, 2.45) is 0 Å². The number of hydrogen-bond acceptors (Lipinski definition) is 2. The summed E-state index contributed by atoms with van der Waals surface area (Å²) < 4.78 is 0. The average Bonchev–Trinajstić information content (AvgIpc) is 1.68. The summed E-state index contributed by atoms with van der Waals surface area (Å²) in [4.78, 5) is 0. The second kappa shape index (κ2) is 2.89. The van der Waals surface area contributed by atoms with Crippen LogP contribution in [0.5, 0.6) is 0 Å². The monoisotopic (exact) mass is 160 g/mol. The fraction of sp³-hybridized carbons (Fsp3) is 1.00. The lowest BCUT2D eigenvalue weighted by molar-refractivity contribution is 0.331. The fourth-order valence-corrected chi connectivity index (χ4v) is 0.150. The molecule has 0 fully saturated rings. The van der Waals surface area contributed by atoms with E-state index in [1.807, 2.05) is 0 Å². The van der Waals surface area contributed by atoms with Gasteiger partial charge < -0.3 is 10.2 Å². The highest BCUT2D eigenvalue weighted by Crippen LogP contribution is 2.10. The molecule has 0 aliphatic rings. The van der Waals surface area contributed by atoms with Crippen molar-refractivity contribution in [3.63, 3.8) is 0 Å². The Morgan fingerprint density at radius 1 is 1.14 bits per heavy atom. The summed E-state index contributed by atoms with van der Waals surface area (Å²) in [5.41, 5.74) is 0. The van der Waals surface area contributed by atoms with Crippen LogP contribution >= 0.6 is 22.2 Å². The molecule has 0 aromatic rings. The molecule has 2 N–H and O–H groups in total. The Morgan fingerprint density at radius 3 is 1.43 bits per heavy atom. The van der Waals surface area contributed by atoms with Gasteiger partial charge in [0.25, 0.3) is 6.69 Å². The van der Waals surface area contributed by atoms with E-state index in [1.54, 1.807) is 0 Å². The molecule has 44 valence electrons. The Bertz CT molecular complexity index is 51.7. The van der Waals surface area contributed by atoms with Gasteiger partial charge in [-0.3, -0.25) is 0 Å². The lowest BCUT2D eigenvalue weighted by Gasteiger charge is -2.06. The van der Waals surface area contributed by atoms with Gasteiger partial charge in [0, 0.05) is 0 Å². The maximum absolute atomic E-state index is 8.23. The van der Waals surface area contributed by atoms with E-state index in [-0.39, 0.29) is 12.5 Å². The van der Waals surface area contributed by atoms with Gasteiger partial charge in [0.1, 0.15) is 0 Å². The Hall–Kier alpha value is 0.717. The van der Waals surface area contributed by atoms with Crippen molar-refractivity contribution < 1.29 is 10.2 Å². The summed E-state index contributed by atoms with van der Waals surface area (Å²) in [7, 11) is 0. The van der Waals surface area contributed by atoms with Gasteiger partial charge in [-0.15, -0.1) is 22.2 Å². The maximum Gasteiger partial charge on any atom is 0.299 e. The van der Waals surface area contributed by atoms with Crippen LogP contribution < -0.4 is 0 Å². The second-order valence-electron chi connectivity index (χ2n) is 1.17. The van der Waals surface area contributed by atoms with Gasteiger partial charge in [-0.05, 0) is 0 Å². The molecule has 0 saturated carbocycles. The highest BCUT2D eigenvalue weighted by Gasteiger charge is 2.25. The predicted octanol–water partition coefficient (Wildman–Crippen LogP) is -0.0308. The molecule has 0 spiro atoms. The average molecular weight is 161 g/mol. The predicted molar refractivity (Wildman–Crippen MR) is 31.6 cm³/mol. The topological polar surface area (TPSA) is 40.5 Å². The van der Waals surface area contributed by atoms with E-state index in [0.29, 0.717) is 0 Å².